The molecule has 0 aliphatic carbocycles. The summed E-state index contributed by atoms with van der Waals surface area (Å²) in [4.78, 5) is 19.0. The van der Waals surface area contributed by atoms with Crippen molar-refractivity contribution in [3.8, 4) is 0 Å². The molecule has 0 saturated heterocycles. The lowest BCUT2D eigenvalue weighted by Gasteiger charge is -2.20. The molecule has 0 saturated carbocycles. The summed E-state index contributed by atoms with van der Waals surface area (Å²) in [6.07, 6.45) is 8.04. The molecule has 0 N–H and O–H groups in total. The first kappa shape index (κ1) is 16.2. The van der Waals surface area contributed by atoms with Crippen LogP contribution in [0.25, 0.3) is 5.70 Å². The molecule has 1 aliphatic heterocycles. The van der Waals surface area contributed by atoms with Crippen LogP contribution in [-0.2, 0) is 0 Å². The molecule has 4 heteroatoms. The number of para-hydroxylation sites is 1. The number of fused-ring (bicyclic) bond motifs is 1. The van der Waals surface area contributed by atoms with E-state index < -0.39 is 0 Å². The molecule has 0 radical (unpaired) electrons. The number of anilines is 1. The third kappa shape index (κ3) is 3.17. The van der Waals surface area contributed by atoms with Crippen molar-refractivity contribution in [3.05, 3.63) is 63.5 Å². The van der Waals surface area contributed by atoms with Gasteiger partial charge >= 0.3 is 0 Å². The highest BCUT2D eigenvalue weighted by Crippen LogP contribution is 2.40. The summed E-state index contributed by atoms with van der Waals surface area (Å²) >= 11 is 2.39. The Balaban J connectivity index is 2.07. The number of unbranched alkanes of at least 4 members (excludes halogenated alkanes) is 2. The molecule has 1 aromatic heterocycles. The quantitative estimate of drug-likeness (QED) is 0.480. The summed E-state index contributed by atoms with van der Waals surface area (Å²) < 4.78 is 1.22. The van der Waals surface area contributed by atoms with Gasteiger partial charge in [0, 0.05) is 27.2 Å². The molecular formula is C19H19IN2O. The molecule has 3 rings (SSSR count). The molecule has 0 bridgehead atoms. The highest BCUT2D eigenvalue weighted by molar-refractivity contribution is 14.1. The van der Waals surface area contributed by atoms with E-state index in [1.54, 1.807) is 6.20 Å². The van der Waals surface area contributed by atoms with Gasteiger partial charge in [-0.15, -0.1) is 0 Å². The average molecular weight is 418 g/mol. The van der Waals surface area contributed by atoms with Crippen molar-refractivity contribution in [1.29, 1.82) is 0 Å². The number of allylic oxidation sites excluding steroid dienone is 1. The maximum Gasteiger partial charge on any atom is 0.263 e. The van der Waals surface area contributed by atoms with E-state index in [4.69, 9.17) is 0 Å². The van der Waals surface area contributed by atoms with Crippen molar-refractivity contribution in [2.75, 3.05) is 4.90 Å². The molecule has 2 aromatic rings. The summed E-state index contributed by atoms with van der Waals surface area (Å²) in [5, 5.41) is 0. The molecule has 118 valence electrons. The van der Waals surface area contributed by atoms with Gasteiger partial charge in [0.1, 0.15) is 0 Å². The lowest BCUT2D eigenvalue weighted by Crippen LogP contribution is -2.22. The zero-order valence-corrected chi connectivity index (χ0v) is 15.3. The second-order valence-corrected chi connectivity index (χ2v) is 6.91. The van der Waals surface area contributed by atoms with Gasteiger partial charge in [-0.2, -0.15) is 0 Å². The third-order valence-corrected chi connectivity index (χ3v) is 5.05. The van der Waals surface area contributed by atoms with Gasteiger partial charge in [-0.1, -0.05) is 38.0 Å². The Hall–Kier alpha value is -1.69. The van der Waals surface area contributed by atoms with Crippen LogP contribution in [0.4, 0.5) is 5.69 Å². The van der Waals surface area contributed by atoms with Crippen LogP contribution in [0.2, 0.25) is 0 Å². The van der Waals surface area contributed by atoms with Gasteiger partial charge in [0.05, 0.1) is 11.3 Å². The van der Waals surface area contributed by atoms with Crippen molar-refractivity contribution in [2.45, 2.75) is 32.6 Å². The van der Waals surface area contributed by atoms with Gasteiger partial charge < -0.3 is 0 Å². The third-order valence-electron chi connectivity index (χ3n) is 4.00. The number of carbonyl (C=O) groups is 1. The number of hydrogen-bond acceptors (Lipinski definition) is 2. The molecule has 1 aliphatic rings. The Morgan fingerprint density at radius 1 is 1.13 bits per heavy atom. The zero-order chi connectivity index (χ0) is 16.2. The SMILES string of the molecule is CCCCC/C(I)=C1/c2cnccc2C(=O)N1c1ccccc1. The van der Waals surface area contributed by atoms with Gasteiger partial charge in [0.15, 0.2) is 0 Å². The molecule has 0 unspecified atom stereocenters. The second kappa shape index (κ2) is 7.25. The lowest BCUT2D eigenvalue weighted by atomic mass is 10.1. The van der Waals surface area contributed by atoms with Crippen molar-refractivity contribution >= 4 is 39.9 Å². The molecule has 3 nitrogen and oxygen atoms in total. The van der Waals surface area contributed by atoms with Gasteiger partial charge in [0.2, 0.25) is 0 Å². The van der Waals surface area contributed by atoms with Crippen LogP contribution >= 0.6 is 22.6 Å². The molecule has 1 amide bonds. The molecule has 1 aromatic carbocycles. The molecule has 0 spiro atoms. The van der Waals surface area contributed by atoms with Gasteiger partial charge in [-0.25, -0.2) is 0 Å². The first-order valence-electron chi connectivity index (χ1n) is 7.96. The maximum atomic E-state index is 12.9. The Bertz CT molecular complexity index is 740. The summed E-state index contributed by atoms with van der Waals surface area (Å²) in [6, 6.07) is 11.7. The van der Waals surface area contributed by atoms with E-state index in [0.29, 0.717) is 0 Å². The number of halogens is 1. The number of aromatic nitrogens is 1. The number of pyridine rings is 1. The van der Waals surface area contributed by atoms with E-state index in [0.717, 1.165) is 35.4 Å². The molecule has 2 heterocycles. The number of nitrogens with zero attached hydrogens (tertiary/aromatic N) is 2. The second-order valence-electron chi connectivity index (χ2n) is 5.61. The number of benzene rings is 1. The van der Waals surface area contributed by atoms with Crippen LogP contribution in [0, 0.1) is 0 Å². The minimum atomic E-state index is 0.0354. The van der Waals surface area contributed by atoms with E-state index in [9.17, 15) is 4.79 Å². The minimum absolute atomic E-state index is 0.0354. The van der Waals surface area contributed by atoms with E-state index in [-0.39, 0.29) is 5.91 Å². The first-order chi connectivity index (χ1) is 11.2. The predicted octanol–water partition coefficient (Wildman–Crippen LogP) is 5.43. The van der Waals surface area contributed by atoms with Crippen LogP contribution in [-0.4, -0.2) is 10.9 Å². The highest BCUT2D eigenvalue weighted by Gasteiger charge is 2.34. The summed E-state index contributed by atoms with van der Waals surface area (Å²) in [7, 11) is 0. The normalized spacial score (nSPS) is 15.7. The topological polar surface area (TPSA) is 33.2 Å². The van der Waals surface area contributed by atoms with Crippen LogP contribution < -0.4 is 4.90 Å². The van der Waals surface area contributed by atoms with E-state index in [1.165, 1.54) is 16.4 Å². The molecule has 23 heavy (non-hydrogen) atoms. The van der Waals surface area contributed by atoms with Crippen LogP contribution in [0.15, 0.2) is 52.4 Å². The maximum absolute atomic E-state index is 12.9. The zero-order valence-electron chi connectivity index (χ0n) is 13.1. The van der Waals surface area contributed by atoms with Crippen LogP contribution in [0.3, 0.4) is 0 Å². The summed E-state index contributed by atoms with van der Waals surface area (Å²) in [5.74, 6) is 0.0354. The number of rotatable bonds is 5. The Morgan fingerprint density at radius 2 is 1.91 bits per heavy atom. The largest absolute Gasteiger partial charge is 0.276 e. The number of amides is 1. The number of hydrogen-bond donors (Lipinski definition) is 0. The molecule has 0 fully saturated rings. The van der Waals surface area contributed by atoms with Crippen molar-refractivity contribution in [2.24, 2.45) is 0 Å². The minimum Gasteiger partial charge on any atom is -0.276 e. The van der Waals surface area contributed by atoms with Crippen molar-refractivity contribution in [1.82, 2.24) is 4.98 Å². The van der Waals surface area contributed by atoms with E-state index in [1.807, 2.05) is 47.5 Å². The highest BCUT2D eigenvalue weighted by atomic mass is 127. The Morgan fingerprint density at radius 3 is 2.65 bits per heavy atom. The fourth-order valence-corrected chi connectivity index (χ4v) is 3.76. The number of carbonyl (C=O) groups excluding carboxylic acids is 1. The van der Waals surface area contributed by atoms with Crippen molar-refractivity contribution in [3.63, 3.8) is 0 Å². The van der Waals surface area contributed by atoms with Crippen molar-refractivity contribution < 1.29 is 4.79 Å². The smallest absolute Gasteiger partial charge is 0.263 e. The van der Waals surface area contributed by atoms with E-state index >= 15 is 0 Å². The Labute approximate surface area is 150 Å². The van der Waals surface area contributed by atoms with Crippen LogP contribution in [0.5, 0.6) is 0 Å². The van der Waals surface area contributed by atoms with Gasteiger partial charge in [-0.05, 0) is 53.6 Å². The van der Waals surface area contributed by atoms with E-state index in [2.05, 4.69) is 34.5 Å². The summed E-state index contributed by atoms with van der Waals surface area (Å²) in [5.41, 5.74) is 3.60. The lowest BCUT2D eigenvalue weighted by molar-refractivity contribution is 0.101. The van der Waals surface area contributed by atoms with Crippen LogP contribution in [0.1, 0.15) is 48.5 Å². The first-order valence-corrected chi connectivity index (χ1v) is 9.04. The standard InChI is InChI=1S/C19H19IN2O/c1-2-3-5-10-17(20)18-16-13-21-12-11-15(16)19(23)22(18)14-8-6-4-7-9-14/h4,6-9,11-13H,2-3,5,10H2,1H3/b18-17+. The summed E-state index contributed by atoms with van der Waals surface area (Å²) in [6.45, 7) is 2.20. The fraction of sp³-hybridized carbons (Fsp3) is 0.263. The molecule has 0 atom stereocenters. The average Bonchev–Trinajstić information content (AvgIpc) is 2.89. The molecular weight excluding hydrogens is 399 g/mol. The fourth-order valence-electron chi connectivity index (χ4n) is 2.85. The Kier molecular flexibility index (Phi) is 5.10. The monoisotopic (exact) mass is 418 g/mol. The van der Waals surface area contributed by atoms with Gasteiger partial charge in [0.25, 0.3) is 5.91 Å². The predicted molar refractivity (Wildman–Crippen MR) is 103 cm³/mol. The van der Waals surface area contributed by atoms with Gasteiger partial charge in [-0.3, -0.25) is 14.7 Å².